The van der Waals surface area contributed by atoms with E-state index in [2.05, 4.69) is 17.5 Å². The largest absolute Gasteiger partial charge is 0.472 e. The third-order valence-corrected chi connectivity index (χ3v) is 11.2. The summed E-state index contributed by atoms with van der Waals surface area (Å²) in [5, 5.41) is 11.3. The topological polar surface area (TPSA) is 104 Å². The van der Waals surface area contributed by atoms with E-state index >= 15 is 8.78 Å². The molecular weight excluding hydrogens is 649 g/mol. The Morgan fingerprint density at radius 2 is 2.02 bits per heavy atom. The van der Waals surface area contributed by atoms with Gasteiger partial charge in [-0.05, 0) is 37.6 Å². The van der Waals surface area contributed by atoms with Gasteiger partial charge in [0.15, 0.2) is 5.82 Å². The molecule has 13 heteroatoms. The molecular formula is C37H33F3N6O4. The zero-order valence-electron chi connectivity index (χ0n) is 27.2. The normalized spacial score (nSPS) is 28.4. The third-order valence-electron chi connectivity index (χ3n) is 11.2. The number of amides is 1. The Balaban J connectivity index is 1.25. The van der Waals surface area contributed by atoms with Crippen molar-refractivity contribution in [2.24, 2.45) is 0 Å². The van der Waals surface area contributed by atoms with E-state index in [1.165, 1.54) is 11.0 Å². The minimum atomic E-state index is -1.01. The van der Waals surface area contributed by atoms with Gasteiger partial charge < -0.3 is 19.5 Å². The van der Waals surface area contributed by atoms with Crippen LogP contribution in [0.4, 0.5) is 23.8 Å². The number of fused-ring (bicyclic) bond motifs is 7. The first-order valence-electron chi connectivity index (χ1n) is 16.8. The lowest BCUT2D eigenvalue weighted by molar-refractivity contribution is 0.0706. The van der Waals surface area contributed by atoms with Gasteiger partial charge in [0, 0.05) is 37.0 Å². The van der Waals surface area contributed by atoms with E-state index < -0.39 is 47.6 Å². The maximum Gasteiger partial charge on any atom is 0.407 e. The zero-order chi connectivity index (χ0) is 34.6. The number of benzene rings is 2. The lowest BCUT2D eigenvalue weighted by Crippen LogP contribution is -2.64. The van der Waals surface area contributed by atoms with E-state index in [-0.39, 0.29) is 65.2 Å². The van der Waals surface area contributed by atoms with Gasteiger partial charge in [-0.1, -0.05) is 42.3 Å². The molecule has 6 unspecified atom stereocenters. The quantitative estimate of drug-likeness (QED) is 0.214. The molecule has 1 amide bonds. The first-order valence-corrected chi connectivity index (χ1v) is 16.8. The second-order valence-electron chi connectivity index (χ2n) is 14.2. The van der Waals surface area contributed by atoms with Gasteiger partial charge in [-0.25, -0.2) is 22.9 Å². The smallest absolute Gasteiger partial charge is 0.407 e. The number of pyridine rings is 1. The van der Waals surface area contributed by atoms with E-state index in [0.29, 0.717) is 48.9 Å². The summed E-state index contributed by atoms with van der Waals surface area (Å²) in [5.41, 5.74) is 0.309. The Morgan fingerprint density at radius 3 is 2.82 bits per heavy atom. The maximum atomic E-state index is 17.2. The summed E-state index contributed by atoms with van der Waals surface area (Å²) in [4.78, 5) is 32.1. The Hall–Kier alpha value is -5.09. The van der Waals surface area contributed by atoms with Crippen molar-refractivity contribution < 1.29 is 32.5 Å². The van der Waals surface area contributed by atoms with E-state index in [9.17, 15) is 14.3 Å². The molecule has 10 nitrogen and oxygen atoms in total. The van der Waals surface area contributed by atoms with Crippen LogP contribution < -0.4 is 14.4 Å². The number of rotatable bonds is 4. The molecule has 2 aromatic heterocycles. The first kappa shape index (κ1) is 30.9. The number of piperazine rings is 1. The number of hydrogen-bond acceptors (Lipinski definition) is 8. The fourth-order valence-corrected chi connectivity index (χ4v) is 9.30. The van der Waals surface area contributed by atoms with Crippen molar-refractivity contribution in [2.75, 3.05) is 31.1 Å². The minimum absolute atomic E-state index is 0.0291. The average Bonchev–Trinajstić information content (AvgIpc) is 3.65. The SMILES string of the molecule is C#Cc1c(F)ccc2cccc(-c3nc4c5c(nc(OCC67CC(=C)CN6CC(F)C7)nc5c3F)N3CC5CCC(C3C(C)O4)N5C(=O)O)c12. The minimum Gasteiger partial charge on any atom is -0.472 e. The molecule has 6 atom stereocenters. The zero-order valence-corrected chi connectivity index (χ0v) is 27.2. The lowest BCUT2D eigenvalue weighted by atomic mass is 9.93. The molecule has 0 radical (unpaired) electrons. The fourth-order valence-electron chi connectivity index (χ4n) is 9.30. The molecule has 4 saturated heterocycles. The number of hydrogen-bond donors (Lipinski definition) is 1. The summed E-state index contributed by atoms with van der Waals surface area (Å²) in [5.74, 6) is 1.35. The summed E-state index contributed by atoms with van der Waals surface area (Å²) in [6.45, 7) is 7.17. The Morgan fingerprint density at radius 1 is 1.18 bits per heavy atom. The highest BCUT2D eigenvalue weighted by atomic mass is 19.1. The maximum absolute atomic E-state index is 17.2. The molecule has 0 spiro atoms. The van der Waals surface area contributed by atoms with Crippen LogP contribution in [0.3, 0.4) is 0 Å². The molecule has 4 aromatic rings. The number of aromatic nitrogens is 3. The highest BCUT2D eigenvalue weighted by molar-refractivity contribution is 6.03. The third kappa shape index (κ3) is 4.40. The van der Waals surface area contributed by atoms with Crippen LogP contribution in [0.15, 0.2) is 42.5 Å². The van der Waals surface area contributed by atoms with Gasteiger partial charge in [-0.15, -0.1) is 6.42 Å². The molecule has 9 rings (SSSR count). The molecule has 2 aromatic carbocycles. The number of carboxylic acid groups (broad SMARTS) is 1. The van der Waals surface area contributed by atoms with Crippen LogP contribution in [0.1, 0.15) is 38.2 Å². The molecule has 7 heterocycles. The molecule has 256 valence electrons. The van der Waals surface area contributed by atoms with Gasteiger partial charge in [0.05, 0.1) is 29.2 Å². The van der Waals surface area contributed by atoms with Crippen molar-refractivity contribution >= 4 is 33.6 Å². The van der Waals surface area contributed by atoms with Crippen LogP contribution in [0.2, 0.25) is 0 Å². The molecule has 2 bridgehead atoms. The van der Waals surface area contributed by atoms with Gasteiger partial charge >= 0.3 is 12.1 Å². The standard InChI is InChI=1S/C37H33F3N6O4/c1-4-23-25(39)10-8-20-6-5-7-24(27(20)23)30-29(40)31-28-33(43-35(42-31)49-17-37-12-18(2)14-44(37)15-21(38)13-37)45-16-22-9-11-26(46(22)36(47)48)32(45)19(3)50-34(28)41-30/h1,5-8,10,19,21-22,26,32H,2,9,11-17H2,3H3,(H,47,48). The number of anilines is 1. The van der Waals surface area contributed by atoms with Gasteiger partial charge in [-0.2, -0.15) is 9.97 Å². The van der Waals surface area contributed by atoms with Crippen molar-refractivity contribution in [3.8, 4) is 35.5 Å². The highest BCUT2D eigenvalue weighted by Crippen LogP contribution is 2.48. The van der Waals surface area contributed by atoms with E-state index in [4.69, 9.17) is 25.9 Å². The predicted molar refractivity (Wildman–Crippen MR) is 179 cm³/mol. The summed E-state index contributed by atoms with van der Waals surface area (Å²) in [7, 11) is 0. The van der Waals surface area contributed by atoms with Crippen LogP contribution >= 0.6 is 0 Å². The first-order chi connectivity index (χ1) is 24.1. The molecule has 50 heavy (non-hydrogen) atoms. The van der Waals surface area contributed by atoms with E-state index in [0.717, 1.165) is 5.57 Å². The number of terminal acetylenes is 1. The van der Waals surface area contributed by atoms with Crippen molar-refractivity contribution in [2.45, 2.75) is 68.5 Å². The molecule has 5 aliphatic heterocycles. The van der Waals surface area contributed by atoms with Gasteiger partial charge in [0.1, 0.15) is 47.1 Å². The predicted octanol–water partition coefficient (Wildman–Crippen LogP) is 5.71. The van der Waals surface area contributed by atoms with Crippen LogP contribution in [0.5, 0.6) is 11.9 Å². The van der Waals surface area contributed by atoms with Crippen molar-refractivity contribution in [1.29, 1.82) is 0 Å². The average molecular weight is 683 g/mol. The number of halogens is 3. The van der Waals surface area contributed by atoms with Crippen LogP contribution in [0.25, 0.3) is 32.9 Å². The number of ether oxygens (including phenoxy) is 2. The fraction of sp³-hybridized carbons (Fsp3) is 0.405. The lowest BCUT2D eigenvalue weighted by Gasteiger charge is -2.47. The number of nitrogens with zero attached hydrogens (tertiary/aromatic N) is 6. The summed E-state index contributed by atoms with van der Waals surface area (Å²) in [6, 6.07) is 6.61. The van der Waals surface area contributed by atoms with Crippen molar-refractivity contribution in [3.63, 3.8) is 0 Å². The Labute approximate surface area is 285 Å². The van der Waals surface area contributed by atoms with Gasteiger partial charge in [-0.3, -0.25) is 9.80 Å². The van der Waals surface area contributed by atoms with Crippen molar-refractivity contribution in [1.82, 2.24) is 24.8 Å². The van der Waals surface area contributed by atoms with Crippen LogP contribution in [0, 0.1) is 24.0 Å². The molecule has 0 saturated carbocycles. The second-order valence-corrected chi connectivity index (χ2v) is 14.2. The van der Waals surface area contributed by atoms with Gasteiger partial charge in [0.2, 0.25) is 5.88 Å². The van der Waals surface area contributed by atoms with E-state index in [1.807, 2.05) is 16.7 Å². The molecule has 4 fully saturated rings. The molecule has 0 aliphatic carbocycles. The number of alkyl halides is 1. The monoisotopic (exact) mass is 682 g/mol. The van der Waals surface area contributed by atoms with Gasteiger partial charge in [0.25, 0.3) is 0 Å². The van der Waals surface area contributed by atoms with Crippen LogP contribution in [-0.4, -0.2) is 98.1 Å². The van der Waals surface area contributed by atoms with Crippen molar-refractivity contribution in [3.05, 3.63) is 59.7 Å². The Kier molecular flexibility index (Phi) is 6.78. The van der Waals surface area contributed by atoms with Crippen LogP contribution in [-0.2, 0) is 0 Å². The molecule has 1 N–H and O–H groups in total. The summed E-state index contributed by atoms with van der Waals surface area (Å²) in [6.07, 6.45) is 5.24. The second kappa shape index (κ2) is 11.0. The van der Waals surface area contributed by atoms with E-state index in [1.54, 1.807) is 24.3 Å². The Bertz CT molecular complexity index is 2190. The summed E-state index contributed by atoms with van der Waals surface area (Å²) >= 11 is 0. The highest BCUT2D eigenvalue weighted by Gasteiger charge is 2.54. The molecule has 5 aliphatic rings. The number of carbonyl (C=O) groups is 1. The summed E-state index contributed by atoms with van der Waals surface area (Å²) < 4.78 is 59.7.